The number of hydrogen-bond donors (Lipinski definition) is 2. The number of nitrogens with one attached hydrogen (secondary N) is 1. The van der Waals surface area contributed by atoms with Crippen molar-refractivity contribution in [2.45, 2.75) is 12.5 Å². The number of rotatable bonds is 6. The molecule has 5 nitrogen and oxygen atoms in total. The molecule has 0 amide bonds. The predicted octanol–water partition coefficient (Wildman–Crippen LogP) is 0.645. The highest BCUT2D eigenvalue weighted by atomic mass is 32.2. The van der Waals surface area contributed by atoms with Crippen molar-refractivity contribution in [3.8, 4) is 0 Å². The summed E-state index contributed by atoms with van der Waals surface area (Å²) < 4.78 is 38.8. The Bertz CT molecular complexity index is 474. The Kier molecular flexibility index (Phi) is 5.21. The molecule has 0 saturated carbocycles. The summed E-state index contributed by atoms with van der Waals surface area (Å²) in [7, 11) is -0.640. The Morgan fingerprint density at radius 2 is 1.89 bits per heavy atom. The van der Waals surface area contributed by atoms with Crippen molar-refractivity contribution in [2.24, 2.45) is 0 Å². The van der Waals surface area contributed by atoms with Gasteiger partial charge >= 0.3 is 0 Å². The predicted molar refractivity (Wildman–Crippen MR) is 66.6 cm³/mol. The molecule has 0 spiro atoms. The molecule has 0 aliphatic carbocycles. The van der Waals surface area contributed by atoms with E-state index >= 15 is 0 Å². The smallest absolute Gasteiger partial charge is 0.278 e. The van der Waals surface area contributed by atoms with Crippen molar-refractivity contribution in [3.63, 3.8) is 0 Å². The number of hydrogen-bond acceptors (Lipinski definition) is 3. The van der Waals surface area contributed by atoms with Crippen LogP contribution >= 0.6 is 0 Å². The average molecular weight is 276 g/mol. The second-order valence-corrected chi connectivity index (χ2v) is 6.01. The molecule has 1 aromatic rings. The molecule has 102 valence electrons. The average Bonchev–Trinajstić information content (AvgIpc) is 2.29. The van der Waals surface area contributed by atoms with Crippen molar-refractivity contribution in [1.82, 2.24) is 9.03 Å². The third kappa shape index (κ3) is 4.34. The standard InChI is InChI=1S/C11H17FN2O3S/c1-14(2)18(16,17)13-8-7-11(15)9-3-5-10(12)6-4-9/h3-6,11,13,15H,7-8H2,1-2H3. The number of halogens is 1. The summed E-state index contributed by atoms with van der Waals surface area (Å²) in [6.07, 6.45) is -0.603. The molecular weight excluding hydrogens is 259 g/mol. The van der Waals surface area contributed by atoms with Crippen LogP contribution in [0, 0.1) is 5.82 Å². The molecule has 1 rings (SSSR count). The van der Waals surface area contributed by atoms with E-state index in [1.165, 1.54) is 38.4 Å². The van der Waals surface area contributed by atoms with Crippen LogP contribution in [0.2, 0.25) is 0 Å². The maximum atomic E-state index is 12.7. The Morgan fingerprint density at radius 3 is 2.39 bits per heavy atom. The fourth-order valence-corrected chi connectivity index (χ4v) is 1.94. The van der Waals surface area contributed by atoms with Gasteiger partial charge in [0, 0.05) is 20.6 Å². The molecule has 0 bridgehead atoms. The van der Waals surface area contributed by atoms with Gasteiger partial charge in [-0.2, -0.15) is 12.7 Å². The van der Waals surface area contributed by atoms with E-state index in [1.54, 1.807) is 0 Å². The minimum atomic E-state index is -3.47. The van der Waals surface area contributed by atoms with Crippen molar-refractivity contribution < 1.29 is 17.9 Å². The van der Waals surface area contributed by atoms with Gasteiger partial charge in [-0.15, -0.1) is 0 Å². The fraction of sp³-hybridized carbons (Fsp3) is 0.455. The lowest BCUT2D eigenvalue weighted by Crippen LogP contribution is -2.36. The van der Waals surface area contributed by atoms with E-state index in [4.69, 9.17) is 0 Å². The minimum Gasteiger partial charge on any atom is -0.388 e. The van der Waals surface area contributed by atoms with Crippen LogP contribution in [0.3, 0.4) is 0 Å². The molecule has 1 atom stereocenters. The normalized spacial score (nSPS) is 13.8. The molecule has 18 heavy (non-hydrogen) atoms. The van der Waals surface area contributed by atoms with Gasteiger partial charge in [0.15, 0.2) is 0 Å². The maximum Gasteiger partial charge on any atom is 0.278 e. The van der Waals surface area contributed by atoms with E-state index in [1.807, 2.05) is 0 Å². The van der Waals surface area contributed by atoms with Crippen LogP contribution in [0.4, 0.5) is 4.39 Å². The highest BCUT2D eigenvalue weighted by Crippen LogP contribution is 2.16. The van der Waals surface area contributed by atoms with E-state index in [0.717, 1.165) is 4.31 Å². The first-order valence-corrected chi connectivity index (χ1v) is 6.87. The summed E-state index contributed by atoms with van der Waals surface area (Å²) in [6.45, 7) is 0.110. The van der Waals surface area contributed by atoms with E-state index < -0.39 is 16.3 Å². The molecule has 1 aromatic carbocycles. The van der Waals surface area contributed by atoms with E-state index in [2.05, 4.69) is 4.72 Å². The van der Waals surface area contributed by atoms with Crippen molar-refractivity contribution in [3.05, 3.63) is 35.6 Å². The molecular formula is C11H17FN2O3S. The molecule has 0 radical (unpaired) electrons. The molecule has 0 aromatic heterocycles. The summed E-state index contributed by atoms with van der Waals surface area (Å²) in [6, 6.07) is 5.45. The highest BCUT2D eigenvalue weighted by Gasteiger charge is 2.14. The number of aliphatic hydroxyl groups excluding tert-OH is 1. The Morgan fingerprint density at radius 1 is 1.33 bits per heavy atom. The summed E-state index contributed by atoms with van der Waals surface area (Å²) in [5, 5.41) is 9.78. The number of aliphatic hydroxyl groups is 1. The van der Waals surface area contributed by atoms with Gasteiger partial charge in [0.05, 0.1) is 6.10 Å². The quantitative estimate of drug-likeness (QED) is 0.801. The van der Waals surface area contributed by atoms with Crippen molar-refractivity contribution in [1.29, 1.82) is 0 Å². The Balaban J connectivity index is 2.47. The Labute approximate surface area is 106 Å². The molecule has 0 saturated heterocycles. The third-order valence-electron chi connectivity index (χ3n) is 2.44. The SMILES string of the molecule is CN(C)S(=O)(=O)NCCC(O)c1ccc(F)cc1. The Hall–Kier alpha value is -1.02. The molecule has 0 aliphatic rings. The molecule has 7 heteroatoms. The molecule has 1 unspecified atom stereocenters. The fourth-order valence-electron chi connectivity index (χ4n) is 1.31. The molecule has 2 N–H and O–H groups in total. The van der Waals surface area contributed by atoms with Crippen LogP contribution in [0.1, 0.15) is 18.1 Å². The van der Waals surface area contributed by atoms with Crippen LogP contribution in [-0.4, -0.2) is 38.5 Å². The van der Waals surface area contributed by atoms with Gasteiger partial charge in [0.1, 0.15) is 5.82 Å². The summed E-state index contributed by atoms with van der Waals surface area (Å²) in [5.41, 5.74) is 0.556. The van der Waals surface area contributed by atoms with Crippen molar-refractivity contribution >= 4 is 10.2 Å². The van der Waals surface area contributed by atoms with Gasteiger partial charge < -0.3 is 5.11 Å². The molecule has 0 fully saturated rings. The number of nitrogens with zero attached hydrogens (tertiary/aromatic N) is 1. The van der Waals surface area contributed by atoms with Gasteiger partial charge in [0.25, 0.3) is 10.2 Å². The first-order chi connectivity index (χ1) is 8.33. The lowest BCUT2D eigenvalue weighted by atomic mass is 10.1. The first-order valence-electron chi connectivity index (χ1n) is 5.43. The third-order valence-corrected chi connectivity index (χ3v) is 3.97. The monoisotopic (exact) mass is 276 g/mol. The maximum absolute atomic E-state index is 12.7. The van der Waals surface area contributed by atoms with Gasteiger partial charge in [-0.05, 0) is 24.1 Å². The summed E-state index contributed by atoms with van der Waals surface area (Å²) in [5.74, 6) is -0.376. The number of benzene rings is 1. The van der Waals surface area contributed by atoms with E-state index in [-0.39, 0.29) is 18.8 Å². The lowest BCUT2D eigenvalue weighted by Gasteiger charge is -2.14. The largest absolute Gasteiger partial charge is 0.388 e. The van der Waals surface area contributed by atoms with E-state index in [9.17, 15) is 17.9 Å². The highest BCUT2D eigenvalue weighted by molar-refractivity contribution is 7.87. The lowest BCUT2D eigenvalue weighted by molar-refractivity contribution is 0.169. The first kappa shape index (κ1) is 15.0. The second kappa shape index (κ2) is 6.24. The molecule has 0 heterocycles. The minimum absolute atomic E-state index is 0.110. The van der Waals surface area contributed by atoms with Gasteiger partial charge in [0.2, 0.25) is 0 Å². The van der Waals surface area contributed by atoms with Crippen molar-refractivity contribution in [2.75, 3.05) is 20.6 Å². The topological polar surface area (TPSA) is 69.6 Å². The zero-order valence-corrected chi connectivity index (χ0v) is 11.1. The van der Waals surface area contributed by atoms with E-state index in [0.29, 0.717) is 5.56 Å². The molecule has 0 aliphatic heterocycles. The van der Waals surface area contributed by atoms with Crippen LogP contribution < -0.4 is 4.72 Å². The van der Waals surface area contributed by atoms with Gasteiger partial charge in [-0.3, -0.25) is 0 Å². The van der Waals surface area contributed by atoms with Crippen LogP contribution in [0.5, 0.6) is 0 Å². The van der Waals surface area contributed by atoms with Gasteiger partial charge in [-0.1, -0.05) is 12.1 Å². The summed E-state index contributed by atoms with van der Waals surface area (Å²) >= 11 is 0. The van der Waals surface area contributed by atoms with Gasteiger partial charge in [-0.25, -0.2) is 9.11 Å². The van der Waals surface area contributed by atoms with Crippen LogP contribution in [0.25, 0.3) is 0 Å². The zero-order valence-electron chi connectivity index (χ0n) is 10.3. The van der Waals surface area contributed by atoms with Crippen LogP contribution in [0.15, 0.2) is 24.3 Å². The van der Waals surface area contributed by atoms with Crippen LogP contribution in [-0.2, 0) is 10.2 Å². The summed E-state index contributed by atoms with van der Waals surface area (Å²) in [4.78, 5) is 0. The zero-order chi connectivity index (χ0) is 13.8. The second-order valence-electron chi connectivity index (χ2n) is 4.04.